The molecule has 1 aliphatic rings. The van der Waals surface area contributed by atoms with Crippen LogP contribution in [0.2, 0.25) is 0 Å². The molecule has 10 heteroatoms. The van der Waals surface area contributed by atoms with Crippen LogP contribution in [-0.2, 0) is 47.6 Å². The number of hydrogen-bond donors (Lipinski definition) is 0. The minimum Gasteiger partial charge on any atom is -0.463 e. The molecule has 0 saturated carbocycles. The van der Waals surface area contributed by atoms with Gasteiger partial charge in [-0.15, -0.1) is 5.73 Å². The highest BCUT2D eigenvalue weighted by Gasteiger charge is 2.52. The average molecular weight is 414 g/mol. The summed E-state index contributed by atoms with van der Waals surface area (Å²) in [5.41, 5.74) is 2.59. The number of ether oxygens (including phenoxy) is 6. The Hall–Kier alpha value is -2.68. The average Bonchev–Trinajstić information content (AvgIpc) is 2.60. The number of carbonyl (C=O) groups excluding carboxylic acids is 4. The summed E-state index contributed by atoms with van der Waals surface area (Å²) in [5, 5.41) is 0. The Bertz CT molecular complexity index is 651. The van der Waals surface area contributed by atoms with Gasteiger partial charge in [0.1, 0.15) is 12.7 Å². The van der Waals surface area contributed by atoms with Crippen molar-refractivity contribution in [3.8, 4) is 0 Å². The van der Waals surface area contributed by atoms with E-state index in [0.29, 0.717) is 6.42 Å². The molecule has 0 unspecified atom stereocenters. The molecule has 1 rings (SSSR count). The van der Waals surface area contributed by atoms with Crippen LogP contribution in [0.4, 0.5) is 0 Å². The molecule has 1 saturated heterocycles. The lowest BCUT2D eigenvalue weighted by molar-refractivity contribution is -0.307. The molecule has 0 aromatic heterocycles. The minimum atomic E-state index is -1.24. The molecular formula is C19H26O10. The molecule has 10 nitrogen and oxygen atoms in total. The molecule has 0 spiro atoms. The number of esters is 4. The van der Waals surface area contributed by atoms with Crippen molar-refractivity contribution in [1.82, 2.24) is 0 Å². The smallest absolute Gasteiger partial charge is 0.303 e. The predicted molar refractivity (Wildman–Crippen MR) is 96.2 cm³/mol. The molecule has 0 radical (unpaired) electrons. The molecule has 5 atom stereocenters. The van der Waals surface area contributed by atoms with Crippen molar-refractivity contribution in [2.24, 2.45) is 0 Å². The van der Waals surface area contributed by atoms with Gasteiger partial charge >= 0.3 is 23.9 Å². The summed E-state index contributed by atoms with van der Waals surface area (Å²) in [6.45, 7) is 7.95. The molecule has 0 N–H and O–H groups in total. The van der Waals surface area contributed by atoms with Gasteiger partial charge in [0.05, 0.1) is 6.61 Å². The summed E-state index contributed by atoms with van der Waals surface area (Å²) < 4.78 is 32.2. The second kappa shape index (κ2) is 12.0. The maximum Gasteiger partial charge on any atom is 0.303 e. The lowest BCUT2D eigenvalue weighted by Crippen LogP contribution is -2.63. The van der Waals surface area contributed by atoms with Crippen LogP contribution in [0.25, 0.3) is 0 Å². The van der Waals surface area contributed by atoms with E-state index in [-0.39, 0.29) is 13.2 Å². The normalized spacial score (nSPS) is 25.9. The zero-order chi connectivity index (χ0) is 22.0. The molecule has 1 heterocycles. The molecule has 1 aliphatic heterocycles. The minimum absolute atomic E-state index is 0.149. The van der Waals surface area contributed by atoms with E-state index in [0.717, 1.165) is 20.8 Å². The maximum atomic E-state index is 11.7. The van der Waals surface area contributed by atoms with E-state index in [1.165, 1.54) is 6.92 Å². The summed E-state index contributed by atoms with van der Waals surface area (Å²) in [6.07, 6.45) is -3.79. The van der Waals surface area contributed by atoms with Crippen LogP contribution in [-0.4, -0.2) is 67.8 Å². The predicted octanol–water partition coefficient (Wildman–Crippen LogP) is 0.817. The summed E-state index contributed by atoms with van der Waals surface area (Å²) in [6, 6.07) is 0. The van der Waals surface area contributed by atoms with Gasteiger partial charge in [0, 0.05) is 27.7 Å². The third-order valence-electron chi connectivity index (χ3n) is 3.64. The van der Waals surface area contributed by atoms with Crippen molar-refractivity contribution in [3.63, 3.8) is 0 Å². The lowest BCUT2D eigenvalue weighted by Gasteiger charge is -2.44. The van der Waals surface area contributed by atoms with Gasteiger partial charge in [-0.3, -0.25) is 19.2 Å². The van der Waals surface area contributed by atoms with Crippen LogP contribution in [0, 0.1) is 0 Å². The topological polar surface area (TPSA) is 124 Å². The fraction of sp³-hybridized carbons (Fsp3) is 0.632. The third-order valence-corrected chi connectivity index (χ3v) is 3.64. The van der Waals surface area contributed by atoms with Crippen LogP contribution < -0.4 is 0 Å². The maximum absolute atomic E-state index is 11.7. The van der Waals surface area contributed by atoms with E-state index >= 15 is 0 Å². The van der Waals surface area contributed by atoms with Crippen molar-refractivity contribution in [3.05, 3.63) is 18.4 Å². The molecule has 0 aliphatic carbocycles. The Morgan fingerprint density at radius 3 is 1.97 bits per heavy atom. The van der Waals surface area contributed by atoms with Crippen LogP contribution in [0.15, 0.2) is 18.4 Å². The largest absolute Gasteiger partial charge is 0.463 e. The Labute approximate surface area is 168 Å². The zero-order valence-corrected chi connectivity index (χ0v) is 16.9. The van der Waals surface area contributed by atoms with Crippen molar-refractivity contribution in [2.45, 2.75) is 64.8 Å². The molecule has 0 amide bonds. The Morgan fingerprint density at radius 2 is 1.45 bits per heavy atom. The number of carbonyl (C=O) groups is 4. The van der Waals surface area contributed by atoms with Gasteiger partial charge in [0.25, 0.3) is 0 Å². The van der Waals surface area contributed by atoms with Gasteiger partial charge in [-0.2, -0.15) is 0 Å². The fourth-order valence-corrected chi connectivity index (χ4v) is 2.67. The molecular weight excluding hydrogens is 388 g/mol. The van der Waals surface area contributed by atoms with Crippen molar-refractivity contribution in [1.29, 1.82) is 0 Å². The first-order valence-corrected chi connectivity index (χ1v) is 8.92. The SMILES string of the molecule is C=C=CCCO[C@H]1O[C@H](COC(C)=O)[C@@H](OC(C)=O)[C@H](OC(C)=O)[C@@H]1OC(C)=O. The summed E-state index contributed by atoms with van der Waals surface area (Å²) in [4.78, 5) is 46.1. The van der Waals surface area contributed by atoms with Gasteiger partial charge in [0.2, 0.25) is 0 Å². The summed E-state index contributed by atoms with van der Waals surface area (Å²) in [5.74, 6) is -2.67. The Kier molecular flexibility index (Phi) is 10.1. The van der Waals surface area contributed by atoms with Crippen molar-refractivity contribution >= 4 is 23.9 Å². The molecule has 162 valence electrons. The highest BCUT2D eigenvalue weighted by molar-refractivity contribution is 5.68. The highest BCUT2D eigenvalue weighted by atomic mass is 16.7. The highest BCUT2D eigenvalue weighted by Crippen LogP contribution is 2.30. The zero-order valence-electron chi connectivity index (χ0n) is 16.9. The van der Waals surface area contributed by atoms with E-state index in [1.54, 1.807) is 6.08 Å². The summed E-state index contributed by atoms with van der Waals surface area (Å²) >= 11 is 0. The fourth-order valence-electron chi connectivity index (χ4n) is 2.67. The third kappa shape index (κ3) is 8.47. The molecule has 0 aromatic rings. The number of rotatable bonds is 9. The van der Waals surface area contributed by atoms with E-state index in [1.807, 2.05) is 0 Å². The monoisotopic (exact) mass is 414 g/mol. The van der Waals surface area contributed by atoms with Crippen LogP contribution >= 0.6 is 0 Å². The molecule has 1 fully saturated rings. The first kappa shape index (κ1) is 24.4. The van der Waals surface area contributed by atoms with Crippen LogP contribution in [0.1, 0.15) is 34.1 Å². The quantitative estimate of drug-likeness (QED) is 0.232. The van der Waals surface area contributed by atoms with Gasteiger partial charge in [0.15, 0.2) is 24.6 Å². The van der Waals surface area contributed by atoms with Crippen molar-refractivity contribution < 1.29 is 47.6 Å². The second-order valence-corrected chi connectivity index (χ2v) is 6.14. The van der Waals surface area contributed by atoms with E-state index in [4.69, 9.17) is 28.4 Å². The second-order valence-electron chi connectivity index (χ2n) is 6.14. The standard InChI is InChI=1S/C19H26O10/c1-6-7-8-9-24-19-18(28-14(5)23)17(27-13(4)22)16(26-12(3)21)15(29-19)10-25-11(2)20/h7,15-19H,1,8-10H2,2-5H3/t15-,16-,17+,18+,19+/m1/s1. The van der Waals surface area contributed by atoms with E-state index in [2.05, 4.69) is 12.3 Å². The van der Waals surface area contributed by atoms with Crippen molar-refractivity contribution in [2.75, 3.05) is 13.2 Å². The Morgan fingerprint density at radius 1 is 0.897 bits per heavy atom. The van der Waals surface area contributed by atoms with Crippen LogP contribution in [0.5, 0.6) is 0 Å². The first-order chi connectivity index (χ1) is 13.6. The van der Waals surface area contributed by atoms with Gasteiger partial charge < -0.3 is 28.4 Å². The molecule has 0 aromatic carbocycles. The molecule has 0 bridgehead atoms. The van der Waals surface area contributed by atoms with Gasteiger partial charge in [-0.25, -0.2) is 0 Å². The van der Waals surface area contributed by atoms with Gasteiger partial charge in [-0.05, 0) is 12.5 Å². The number of hydrogen-bond acceptors (Lipinski definition) is 10. The first-order valence-electron chi connectivity index (χ1n) is 8.92. The summed E-state index contributed by atoms with van der Waals surface area (Å²) in [7, 11) is 0. The lowest BCUT2D eigenvalue weighted by atomic mass is 9.98. The van der Waals surface area contributed by atoms with Crippen LogP contribution in [0.3, 0.4) is 0 Å². The van der Waals surface area contributed by atoms with E-state index < -0.39 is 54.6 Å². The van der Waals surface area contributed by atoms with Gasteiger partial charge in [-0.1, -0.05) is 6.58 Å². The Balaban J connectivity index is 3.22. The molecule has 29 heavy (non-hydrogen) atoms. The van der Waals surface area contributed by atoms with E-state index in [9.17, 15) is 19.2 Å².